The van der Waals surface area contributed by atoms with E-state index in [0.717, 1.165) is 0 Å². The molecule has 21 heavy (non-hydrogen) atoms. The first kappa shape index (κ1) is 15.1. The fourth-order valence-electron chi connectivity index (χ4n) is 1.90. The van der Waals surface area contributed by atoms with Gasteiger partial charge in [-0.05, 0) is 24.3 Å². The fraction of sp³-hybridized carbons (Fsp3) is 0.0625. The van der Waals surface area contributed by atoms with Crippen molar-refractivity contribution >= 4 is 23.9 Å². The normalized spacial score (nSPS) is 10.7. The Morgan fingerprint density at radius 1 is 1.00 bits per heavy atom. The lowest BCUT2D eigenvalue weighted by Crippen LogP contribution is -2.39. The van der Waals surface area contributed by atoms with Crippen molar-refractivity contribution in [3.8, 4) is 0 Å². The highest BCUT2D eigenvalue weighted by Crippen LogP contribution is 2.38. The van der Waals surface area contributed by atoms with Gasteiger partial charge in [0.15, 0.2) is 0 Å². The van der Waals surface area contributed by atoms with Crippen LogP contribution >= 0.6 is 7.29 Å². The average molecular weight is 300 g/mol. The van der Waals surface area contributed by atoms with E-state index >= 15 is 0 Å². The van der Waals surface area contributed by atoms with Gasteiger partial charge in [-0.25, -0.2) is 4.79 Å². The third-order valence-electron chi connectivity index (χ3n) is 2.91. The van der Waals surface area contributed by atoms with Gasteiger partial charge < -0.3 is 5.32 Å². The van der Waals surface area contributed by atoms with Gasteiger partial charge in [0, 0.05) is 17.2 Å². The van der Waals surface area contributed by atoms with E-state index in [9.17, 15) is 9.36 Å². The van der Waals surface area contributed by atoms with Crippen molar-refractivity contribution in [1.82, 2.24) is 10.4 Å². The van der Waals surface area contributed by atoms with Crippen LogP contribution in [0.4, 0.5) is 4.79 Å². The summed E-state index contributed by atoms with van der Waals surface area (Å²) in [6.07, 6.45) is 1.57. The van der Waals surface area contributed by atoms with E-state index in [4.69, 9.17) is 0 Å². The average Bonchev–Trinajstić information content (AvgIpc) is 2.54. The number of carbonyl (C=O) groups is 1. The third kappa shape index (κ3) is 3.61. The quantitative estimate of drug-likeness (QED) is 0.658. The van der Waals surface area contributed by atoms with E-state index in [-0.39, 0.29) is 0 Å². The van der Waals surface area contributed by atoms with Crippen molar-refractivity contribution in [2.24, 2.45) is 0 Å². The van der Waals surface area contributed by atoms with E-state index in [1.165, 1.54) is 0 Å². The van der Waals surface area contributed by atoms with Crippen molar-refractivity contribution < 1.29 is 9.36 Å². The molecule has 0 saturated heterocycles. The molecule has 0 atom stereocenters. The summed E-state index contributed by atoms with van der Waals surface area (Å²) in [5, 5.41) is 6.38. The summed E-state index contributed by atoms with van der Waals surface area (Å²) in [7, 11) is -3.22. The summed E-state index contributed by atoms with van der Waals surface area (Å²) in [6, 6.07) is 17.4. The Morgan fingerprint density at radius 3 is 1.90 bits per heavy atom. The van der Waals surface area contributed by atoms with E-state index in [2.05, 4.69) is 17.0 Å². The van der Waals surface area contributed by atoms with Gasteiger partial charge in [0.2, 0.25) is 7.29 Å². The highest BCUT2D eigenvalue weighted by atomic mass is 31.2. The summed E-state index contributed by atoms with van der Waals surface area (Å²) < 4.78 is 13.4. The molecule has 2 aromatic carbocycles. The molecule has 0 radical (unpaired) electrons. The second-order valence-corrected chi connectivity index (χ2v) is 6.87. The smallest absolute Gasteiger partial charge is 0.320 e. The topological polar surface area (TPSA) is 58.2 Å². The number of rotatable bonds is 5. The van der Waals surface area contributed by atoms with Crippen LogP contribution in [0.1, 0.15) is 0 Å². The first-order valence-electron chi connectivity index (χ1n) is 6.55. The standard InChI is InChI=1S/C16H17N2O2P/c1-2-13-17-16(19)18-21(20,14-9-5-3-6-10-14)15-11-7-4-8-12-15/h2-12H,1,13H2,(H2,17,18,19,20). The first-order chi connectivity index (χ1) is 10.2. The van der Waals surface area contributed by atoms with Crippen LogP contribution in [-0.4, -0.2) is 12.6 Å². The minimum Gasteiger partial charge on any atom is -0.334 e. The zero-order chi connectivity index (χ0) is 15.1. The molecule has 108 valence electrons. The molecule has 0 bridgehead atoms. The van der Waals surface area contributed by atoms with Crippen molar-refractivity contribution in [2.75, 3.05) is 6.54 Å². The predicted octanol–water partition coefficient (Wildman–Crippen LogP) is 2.40. The number of amides is 2. The Labute approximate surface area is 124 Å². The number of urea groups is 1. The molecule has 2 amide bonds. The van der Waals surface area contributed by atoms with Crippen LogP contribution in [0.25, 0.3) is 0 Å². The minimum atomic E-state index is -3.22. The molecule has 0 spiro atoms. The first-order valence-corrected chi connectivity index (χ1v) is 8.26. The Hall–Kier alpha value is -2.32. The number of hydrogen-bond donors (Lipinski definition) is 2. The van der Waals surface area contributed by atoms with Crippen molar-refractivity contribution in [2.45, 2.75) is 0 Å². The maximum atomic E-state index is 13.4. The van der Waals surface area contributed by atoms with Crippen LogP contribution in [0.5, 0.6) is 0 Å². The molecule has 0 fully saturated rings. The maximum Gasteiger partial charge on any atom is 0.320 e. The van der Waals surface area contributed by atoms with E-state index in [1.807, 2.05) is 12.1 Å². The third-order valence-corrected chi connectivity index (χ3v) is 5.47. The highest BCUT2D eigenvalue weighted by Gasteiger charge is 2.28. The molecule has 0 unspecified atom stereocenters. The van der Waals surface area contributed by atoms with Gasteiger partial charge in [0.25, 0.3) is 0 Å². The van der Waals surface area contributed by atoms with E-state index in [1.54, 1.807) is 54.6 Å². The molecule has 4 nitrogen and oxygen atoms in total. The zero-order valence-electron chi connectivity index (χ0n) is 11.5. The largest absolute Gasteiger partial charge is 0.334 e. The number of hydrogen-bond acceptors (Lipinski definition) is 2. The SMILES string of the molecule is C=CCNC(=O)NP(=O)(c1ccccc1)c1ccccc1. The van der Waals surface area contributed by atoms with Crippen molar-refractivity contribution in [3.63, 3.8) is 0 Å². The van der Waals surface area contributed by atoms with Crippen molar-refractivity contribution in [1.29, 1.82) is 0 Å². The van der Waals surface area contributed by atoms with Gasteiger partial charge in [-0.1, -0.05) is 42.5 Å². The van der Waals surface area contributed by atoms with Gasteiger partial charge in [0.1, 0.15) is 0 Å². The monoisotopic (exact) mass is 300 g/mol. The summed E-state index contributed by atoms with van der Waals surface area (Å²) in [6.45, 7) is 3.85. The van der Waals surface area contributed by atoms with Gasteiger partial charge in [-0.3, -0.25) is 9.65 Å². The number of benzene rings is 2. The van der Waals surface area contributed by atoms with Crippen LogP contribution in [0, 0.1) is 0 Å². The molecule has 0 aliphatic rings. The van der Waals surface area contributed by atoms with Crippen LogP contribution in [0.15, 0.2) is 73.3 Å². The molecule has 2 rings (SSSR count). The van der Waals surface area contributed by atoms with Crippen LogP contribution in [0.2, 0.25) is 0 Å². The molecule has 5 heteroatoms. The second kappa shape index (κ2) is 6.91. The Kier molecular flexibility index (Phi) is 4.96. The van der Waals surface area contributed by atoms with Crippen molar-refractivity contribution in [3.05, 3.63) is 73.3 Å². The molecule has 0 aromatic heterocycles. The lowest BCUT2D eigenvalue weighted by atomic mass is 10.4. The highest BCUT2D eigenvalue weighted by molar-refractivity contribution is 7.77. The van der Waals surface area contributed by atoms with Gasteiger partial charge >= 0.3 is 6.03 Å². The van der Waals surface area contributed by atoms with E-state index < -0.39 is 13.3 Å². The van der Waals surface area contributed by atoms with Crippen LogP contribution < -0.4 is 21.0 Å². The predicted molar refractivity (Wildman–Crippen MR) is 86.5 cm³/mol. The van der Waals surface area contributed by atoms with E-state index in [0.29, 0.717) is 17.2 Å². The van der Waals surface area contributed by atoms with Gasteiger partial charge in [-0.2, -0.15) is 0 Å². The van der Waals surface area contributed by atoms with Gasteiger partial charge in [0.05, 0.1) is 0 Å². The number of carbonyl (C=O) groups excluding carboxylic acids is 1. The summed E-state index contributed by atoms with van der Waals surface area (Å²) in [5.41, 5.74) is 0. The fourth-order valence-corrected chi connectivity index (χ4v) is 4.01. The summed E-state index contributed by atoms with van der Waals surface area (Å²) in [4.78, 5) is 11.9. The maximum absolute atomic E-state index is 13.4. The Bertz CT molecular complexity index is 613. The summed E-state index contributed by atoms with van der Waals surface area (Å²) in [5.74, 6) is 0. The lowest BCUT2D eigenvalue weighted by molar-refractivity contribution is 0.247. The van der Waals surface area contributed by atoms with Gasteiger partial charge in [-0.15, -0.1) is 6.58 Å². The Balaban J connectivity index is 2.38. The molecule has 0 heterocycles. The molecule has 2 aromatic rings. The summed E-state index contributed by atoms with van der Waals surface area (Å²) >= 11 is 0. The van der Waals surface area contributed by atoms with Crippen LogP contribution in [0.3, 0.4) is 0 Å². The molecule has 2 N–H and O–H groups in total. The molecular formula is C16H17N2O2P. The zero-order valence-corrected chi connectivity index (χ0v) is 12.4. The molecule has 0 aliphatic heterocycles. The lowest BCUT2D eigenvalue weighted by Gasteiger charge is -2.20. The minimum absolute atomic E-state index is 0.315. The molecular weight excluding hydrogens is 283 g/mol. The molecule has 0 saturated carbocycles. The van der Waals surface area contributed by atoms with Crippen LogP contribution in [-0.2, 0) is 4.57 Å². The Morgan fingerprint density at radius 2 is 1.48 bits per heavy atom. The second-order valence-electron chi connectivity index (χ2n) is 4.39. The molecule has 0 aliphatic carbocycles. The number of nitrogens with one attached hydrogen (secondary N) is 2.